The highest BCUT2D eigenvalue weighted by molar-refractivity contribution is 5.17. The monoisotopic (exact) mass is 84.1 g/mol. The summed E-state index contributed by atoms with van der Waals surface area (Å²) in [5, 5.41) is 0. The molecule has 2 heteroatoms. The molecule has 34 valence electrons. The quantitative estimate of drug-likeness (QED) is 0.431. The van der Waals surface area contributed by atoms with E-state index in [4.69, 9.17) is 11.5 Å². The Morgan fingerprint density at radius 2 is 1.33 bits per heavy atom. The third kappa shape index (κ3) is 0.263. The van der Waals surface area contributed by atoms with Gasteiger partial charge in [-0.25, -0.2) is 0 Å². The summed E-state index contributed by atoms with van der Waals surface area (Å²) in [6.45, 7) is 0. The molecule has 2 nitrogen and oxygen atoms in total. The van der Waals surface area contributed by atoms with Crippen LogP contribution in [0.4, 0.5) is 0 Å². The van der Waals surface area contributed by atoms with Crippen LogP contribution in [-0.4, -0.2) is 0 Å². The molecule has 0 aliphatic heterocycles. The van der Waals surface area contributed by atoms with Crippen LogP contribution < -0.4 is 11.5 Å². The van der Waals surface area contributed by atoms with E-state index in [2.05, 4.69) is 0 Å². The Labute approximate surface area is 36.8 Å². The molecule has 1 rings (SSSR count). The third-order valence-electron chi connectivity index (χ3n) is 1.08. The van der Waals surface area contributed by atoms with E-state index in [0.717, 1.165) is 24.2 Å². The Bertz CT molecular complexity index is 81.7. The molecular weight excluding hydrogens is 76.1 g/mol. The summed E-state index contributed by atoms with van der Waals surface area (Å²) < 4.78 is 0. The van der Waals surface area contributed by atoms with E-state index in [1.807, 2.05) is 0 Å². The topological polar surface area (TPSA) is 52.0 Å². The molecule has 0 aromatic carbocycles. The van der Waals surface area contributed by atoms with Crippen molar-refractivity contribution in [1.29, 1.82) is 0 Å². The normalized spacial score (nSPS) is 20.7. The molecule has 0 aromatic rings. The van der Waals surface area contributed by atoms with Gasteiger partial charge in [-0.05, 0) is 12.8 Å². The summed E-state index contributed by atoms with van der Waals surface area (Å²) in [5.41, 5.74) is 12.3. The number of hydrogen-bond donors (Lipinski definition) is 2. The third-order valence-corrected chi connectivity index (χ3v) is 1.08. The summed E-state index contributed by atoms with van der Waals surface area (Å²) in [4.78, 5) is 0. The summed E-state index contributed by atoms with van der Waals surface area (Å²) in [6.07, 6.45) is 2.01. The zero-order valence-corrected chi connectivity index (χ0v) is 3.57. The van der Waals surface area contributed by atoms with Crippen LogP contribution >= 0.6 is 0 Å². The van der Waals surface area contributed by atoms with Crippen LogP contribution in [0.1, 0.15) is 12.8 Å². The molecule has 0 saturated carbocycles. The van der Waals surface area contributed by atoms with Crippen molar-refractivity contribution in [2.45, 2.75) is 12.8 Å². The van der Waals surface area contributed by atoms with Crippen molar-refractivity contribution in [3.05, 3.63) is 11.4 Å². The van der Waals surface area contributed by atoms with Crippen LogP contribution in [0.15, 0.2) is 11.4 Å². The number of nitrogens with two attached hydrogens (primary N) is 2. The van der Waals surface area contributed by atoms with E-state index in [1.165, 1.54) is 0 Å². The van der Waals surface area contributed by atoms with Gasteiger partial charge < -0.3 is 11.5 Å². The van der Waals surface area contributed by atoms with Gasteiger partial charge in [0.2, 0.25) is 0 Å². The number of rotatable bonds is 0. The lowest BCUT2D eigenvalue weighted by molar-refractivity contribution is 0.772. The molecule has 0 radical (unpaired) electrons. The molecule has 0 atom stereocenters. The number of allylic oxidation sites excluding steroid dienone is 2. The molecule has 0 heterocycles. The van der Waals surface area contributed by atoms with Crippen LogP contribution in [0, 0.1) is 0 Å². The summed E-state index contributed by atoms with van der Waals surface area (Å²) >= 11 is 0. The van der Waals surface area contributed by atoms with Crippen molar-refractivity contribution in [3.63, 3.8) is 0 Å². The van der Waals surface area contributed by atoms with Gasteiger partial charge in [-0.15, -0.1) is 0 Å². The average molecular weight is 84.1 g/mol. The lowest BCUT2D eigenvalue weighted by Crippen LogP contribution is -2.17. The minimum absolute atomic E-state index is 0.884. The first kappa shape index (κ1) is 3.53. The van der Waals surface area contributed by atoms with E-state index in [9.17, 15) is 0 Å². The SMILES string of the molecule is NC1=C(N)CC1. The minimum atomic E-state index is 0.884. The van der Waals surface area contributed by atoms with Crippen molar-refractivity contribution in [3.8, 4) is 0 Å². The van der Waals surface area contributed by atoms with Gasteiger partial charge in [-0.3, -0.25) is 0 Å². The molecule has 6 heavy (non-hydrogen) atoms. The van der Waals surface area contributed by atoms with Gasteiger partial charge in [-0.2, -0.15) is 0 Å². The summed E-state index contributed by atoms with van der Waals surface area (Å²) in [5.74, 6) is 0. The Kier molecular flexibility index (Phi) is 0.528. The second-order valence-corrected chi connectivity index (χ2v) is 1.55. The lowest BCUT2D eigenvalue weighted by atomic mass is 10.0. The molecule has 0 aromatic heterocycles. The molecule has 1 aliphatic rings. The van der Waals surface area contributed by atoms with Gasteiger partial charge >= 0.3 is 0 Å². The van der Waals surface area contributed by atoms with Crippen LogP contribution in [0.25, 0.3) is 0 Å². The van der Waals surface area contributed by atoms with Crippen molar-refractivity contribution in [2.75, 3.05) is 0 Å². The second-order valence-electron chi connectivity index (χ2n) is 1.55. The highest BCUT2D eigenvalue weighted by Crippen LogP contribution is 2.16. The predicted molar refractivity (Wildman–Crippen MR) is 24.6 cm³/mol. The number of hydrogen-bond acceptors (Lipinski definition) is 2. The maximum absolute atomic E-state index is 5.28. The van der Waals surface area contributed by atoms with Crippen molar-refractivity contribution >= 4 is 0 Å². The predicted octanol–water partition coefficient (Wildman–Crippen LogP) is -0.0908. The van der Waals surface area contributed by atoms with Crippen LogP contribution in [-0.2, 0) is 0 Å². The van der Waals surface area contributed by atoms with Gasteiger partial charge in [0.25, 0.3) is 0 Å². The highest BCUT2D eigenvalue weighted by atomic mass is 14.7. The van der Waals surface area contributed by atoms with E-state index in [1.54, 1.807) is 0 Å². The molecule has 0 amide bonds. The first-order valence-corrected chi connectivity index (χ1v) is 2.03. The van der Waals surface area contributed by atoms with Crippen LogP contribution in [0.2, 0.25) is 0 Å². The van der Waals surface area contributed by atoms with Gasteiger partial charge in [0, 0.05) is 11.4 Å². The Balaban J connectivity index is 2.66. The van der Waals surface area contributed by atoms with E-state index >= 15 is 0 Å². The summed E-state index contributed by atoms with van der Waals surface area (Å²) in [7, 11) is 0. The van der Waals surface area contributed by atoms with Crippen molar-refractivity contribution < 1.29 is 0 Å². The highest BCUT2D eigenvalue weighted by Gasteiger charge is 2.07. The standard InChI is InChI=1S/C4H8N2/c5-3-1-2-4(3)6/h1-2,5-6H2. The molecular formula is C4H8N2. The van der Waals surface area contributed by atoms with Crippen molar-refractivity contribution in [2.24, 2.45) is 11.5 Å². The fraction of sp³-hybridized carbons (Fsp3) is 0.500. The molecule has 0 fully saturated rings. The minimum Gasteiger partial charge on any atom is -0.401 e. The summed E-state index contributed by atoms with van der Waals surface area (Å²) in [6, 6.07) is 0. The molecule has 0 unspecified atom stereocenters. The maximum Gasteiger partial charge on any atom is 0.0275 e. The molecule has 0 saturated heterocycles. The average Bonchev–Trinajstić information content (AvgIpc) is 1.61. The fourth-order valence-corrected chi connectivity index (χ4v) is 0.414. The zero-order valence-electron chi connectivity index (χ0n) is 3.57. The Morgan fingerprint density at radius 3 is 1.33 bits per heavy atom. The van der Waals surface area contributed by atoms with Gasteiger partial charge in [0.15, 0.2) is 0 Å². The first-order chi connectivity index (χ1) is 2.80. The lowest BCUT2D eigenvalue weighted by Gasteiger charge is -2.14. The second kappa shape index (κ2) is 0.899. The molecule has 0 spiro atoms. The van der Waals surface area contributed by atoms with Crippen LogP contribution in [0.5, 0.6) is 0 Å². The zero-order chi connectivity index (χ0) is 4.57. The van der Waals surface area contributed by atoms with E-state index in [-0.39, 0.29) is 0 Å². The largest absolute Gasteiger partial charge is 0.401 e. The van der Waals surface area contributed by atoms with E-state index in [0.29, 0.717) is 0 Å². The van der Waals surface area contributed by atoms with Crippen LogP contribution in [0.3, 0.4) is 0 Å². The van der Waals surface area contributed by atoms with Gasteiger partial charge in [0.05, 0.1) is 0 Å². The van der Waals surface area contributed by atoms with Gasteiger partial charge in [0.1, 0.15) is 0 Å². The molecule has 0 bridgehead atoms. The fourth-order valence-electron chi connectivity index (χ4n) is 0.414. The Hall–Kier alpha value is -0.660. The maximum atomic E-state index is 5.28. The molecule has 4 N–H and O–H groups in total. The molecule has 1 aliphatic carbocycles. The first-order valence-electron chi connectivity index (χ1n) is 2.03. The smallest absolute Gasteiger partial charge is 0.0275 e. The van der Waals surface area contributed by atoms with E-state index < -0.39 is 0 Å². The van der Waals surface area contributed by atoms with Crippen molar-refractivity contribution in [1.82, 2.24) is 0 Å². The Morgan fingerprint density at radius 1 is 1.00 bits per heavy atom. The van der Waals surface area contributed by atoms with Gasteiger partial charge in [-0.1, -0.05) is 0 Å².